The summed E-state index contributed by atoms with van der Waals surface area (Å²) in [5, 5.41) is 0.701. The average molecular weight is 280 g/mol. The van der Waals surface area contributed by atoms with E-state index < -0.39 is 11.6 Å². The van der Waals surface area contributed by atoms with E-state index in [9.17, 15) is 9.59 Å². The number of carbonyl (C=O) groups excluding carboxylic acids is 1. The van der Waals surface area contributed by atoms with Crippen molar-refractivity contribution in [2.45, 2.75) is 6.92 Å². The summed E-state index contributed by atoms with van der Waals surface area (Å²) in [5.41, 5.74) is 1.07. The molecule has 1 aromatic heterocycles. The number of benzene rings is 2. The standard InChI is InChI=1S/C17H12O4/c1-11(18)20-15-9-5-8-13-10-14(17(19)21-16(13)15)12-6-3-2-4-7-12/h2-10H,1H3. The number of carbonyl (C=O) groups is 1. The van der Waals surface area contributed by atoms with E-state index in [0.29, 0.717) is 10.9 Å². The van der Waals surface area contributed by atoms with E-state index in [0.717, 1.165) is 5.56 Å². The highest BCUT2D eigenvalue weighted by molar-refractivity contribution is 5.87. The predicted molar refractivity (Wildman–Crippen MR) is 79.2 cm³/mol. The van der Waals surface area contributed by atoms with E-state index in [1.54, 1.807) is 24.3 Å². The van der Waals surface area contributed by atoms with Gasteiger partial charge in [0.2, 0.25) is 0 Å². The molecule has 21 heavy (non-hydrogen) atoms. The van der Waals surface area contributed by atoms with Crippen LogP contribution >= 0.6 is 0 Å². The Morgan fingerprint density at radius 1 is 1.05 bits per heavy atom. The van der Waals surface area contributed by atoms with E-state index in [2.05, 4.69) is 0 Å². The van der Waals surface area contributed by atoms with Crippen molar-refractivity contribution in [2.75, 3.05) is 0 Å². The molecule has 2 aromatic carbocycles. The van der Waals surface area contributed by atoms with Crippen molar-refractivity contribution < 1.29 is 13.9 Å². The van der Waals surface area contributed by atoms with E-state index in [4.69, 9.17) is 9.15 Å². The number of hydrogen-bond acceptors (Lipinski definition) is 4. The summed E-state index contributed by atoms with van der Waals surface area (Å²) in [6.07, 6.45) is 0. The zero-order valence-corrected chi connectivity index (χ0v) is 11.3. The molecule has 0 fully saturated rings. The second-order valence-corrected chi connectivity index (χ2v) is 4.58. The summed E-state index contributed by atoms with van der Waals surface area (Å²) in [5.74, 6) is -0.214. The summed E-state index contributed by atoms with van der Waals surface area (Å²) in [4.78, 5) is 23.3. The fourth-order valence-corrected chi connectivity index (χ4v) is 2.17. The van der Waals surface area contributed by atoms with Gasteiger partial charge < -0.3 is 9.15 Å². The van der Waals surface area contributed by atoms with Crippen LogP contribution in [0.25, 0.3) is 22.1 Å². The van der Waals surface area contributed by atoms with Crippen molar-refractivity contribution in [1.29, 1.82) is 0 Å². The molecular formula is C17H12O4. The zero-order valence-electron chi connectivity index (χ0n) is 11.3. The van der Waals surface area contributed by atoms with Gasteiger partial charge in [-0.3, -0.25) is 4.79 Å². The Hall–Kier alpha value is -2.88. The van der Waals surface area contributed by atoms with Crippen LogP contribution in [0.4, 0.5) is 0 Å². The Kier molecular flexibility index (Phi) is 3.28. The van der Waals surface area contributed by atoms with Crippen LogP contribution in [0.15, 0.2) is 63.8 Å². The van der Waals surface area contributed by atoms with Crippen molar-refractivity contribution in [2.24, 2.45) is 0 Å². The minimum Gasteiger partial charge on any atom is -0.423 e. The number of esters is 1. The minimum absolute atomic E-state index is 0.247. The van der Waals surface area contributed by atoms with Gasteiger partial charge in [0, 0.05) is 12.3 Å². The molecule has 104 valence electrons. The Morgan fingerprint density at radius 3 is 2.52 bits per heavy atom. The highest BCUT2D eigenvalue weighted by Crippen LogP contribution is 2.27. The van der Waals surface area contributed by atoms with Crippen LogP contribution in [-0.4, -0.2) is 5.97 Å². The van der Waals surface area contributed by atoms with Crippen LogP contribution in [0.5, 0.6) is 5.75 Å². The van der Waals surface area contributed by atoms with Gasteiger partial charge in [0.15, 0.2) is 11.3 Å². The molecule has 0 unspecified atom stereocenters. The van der Waals surface area contributed by atoms with Gasteiger partial charge in [-0.1, -0.05) is 42.5 Å². The molecular weight excluding hydrogens is 268 g/mol. The van der Waals surface area contributed by atoms with Gasteiger partial charge in [0.25, 0.3) is 0 Å². The molecule has 0 bridgehead atoms. The van der Waals surface area contributed by atoms with E-state index in [1.807, 2.05) is 30.3 Å². The number of para-hydroxylation sites is 1. The lowest BCUT2D eigenvalue weighted by Crippen LogP contribution is -2.05. The molecule has 0 spiro atoms. The lowest BCUT2D eigenvalue weighted by Gasteiger charge is -2.06. The number of fused-ring (bicyclic) bond motifs is 1. The first kappa shape index (κ1) is 13.1. The summed E-state index contributed by atoms with van der Waals surface area (Å²) in [6, 6.07) is 16.2. The monoisotopic (exact) mass is 280 g/mol. The molecule has 0 aliphatic heterocycles. The molecule has 0 radical (unpaired) electrons. The highest BCUT2D eigenvalue weighted by Gasteiger charge is 2.12. The van der Waals surface area contributed by atoms with E-state index in [-0.39, 0.29) is 11.3 Å². The molecule has 1 heterocycles. The molecule has 0 aliphatic carbocycles. The van der Waals surface area contributed by atoms with Crippen molar-refractivity contribution in [3.63, 3.8) is 0 Å². The average Bonchev–Trinajstić information content (AvgIpc) is 2.48. The fourth-order valence-electron chi connectivity index (χ4n) is 2.17. The molecule has 0 saturated heterocycles. The fraction of sp³-hybridized carbons (Fsp3) is 0.0588. The maximum Gasteiger partial charge on any atom is 0.344 e. The zero-order chi connectivity index (χ0) is 14.8. The van der Waals surface area contributed by atoms with Crippen LogP contribution in [0, 0.1) is 0 Å². The Labute approximate surface area is 120 Å². The van der Waals surface area contributed by atoms with Crippen LogP contribution in [0.2, 0.25) is 0 Å². The third-order valence-electron chi connectivity index (χ3n) is 3.06. The van der Waals surface area contributed by atoms with Crippen LogP contribution in [0.1, 0.15) is 6.92 Å². The van der Waals surface area contributed by atoms with Gasteiger partial charge in [-0.2, -0.15) is 0 Å². The highest BCUT2D eigenvalue weighted by atomic mass is 16.5. The van der Waals surface area contributed by atoms with Crippen molar-refractivity contribution in [3.8, 4) is 16.9 Å². The van der Waals surface area contributed by atoms with Crippen molar-refractivity contribution in [3.05, 3.63) is 65.0 Å². The summed E-state index contributed by atoms with van der Waals surface area (Å²) >= 11 is 0. The van der Waals surface area contributed by atoms with Gasteiger partial charge in [-0.25, -0.2) is 4.79 Å². The molecule has 0 amide bonds. The van der Waals surface area contributed by atoms with Crippen LogP contribution < -0.4 is 10.4 Å². The van der Waals surface area contributed by atoms with Gasteiger partial charge in [0.05, 0.1) is 5.56 Å². The molecule has 3 aromatic rings. The van der Waals surface area contributed by atoms with Crippen LogP contribution in [-0.2, 0) is 4.79 Å². The summed E-state index contributed by atoms with van der Waals surface area (Å²) in [6.45, 7) is 1.30. The first-order chi connectivity index (χ1) is 10.1. The van der Waals surface area contributed by atoms with Gasteiger partial charge in [-0.05, 0) is 17.7 Å². The van der Waals surface area contributed by atoms with E-state index in [1.165, 1.54) is 6.92 Å². The third kappa shape index (κ3) is 2.56. The molecule has 0 N–H and O–H groups in total. The second-order valence-electron chi connectivity index (χ2n) is 4.58. The molecule has 0 aliphatic rings. The maximum absolute atomic E-state index is 12.2. The second kappa shape index (κ2) is 5.25. The largest absolute Gasteiger partial charge is 0.423 e. The maximum atomic E-state index is 12.2. The van der Waals surface area contributed by atoms with Crippen molar-refractivity contribution >= 4 is 16.9 Å². The number of hydrogen-bond donors (Lipinski definition) is 0. The van der Waals surface area contributed by atoms with Crippen LogP contribution in [0.3, 0.4) is 0 Å². The molecule has 4 heteroatoms. The van der Waals surface area contributed by atoms with E-state index >= 15 is 0 Å². The molecule has 0 saturated carbocycles. The normalized spacial score (nSPS) is 10.5. The van der Waals surface area contributed by atoms with Crippen molar-refractivity contribution in [1.82, 2.24) is 0 Å². The summed E-state index contributed by atoms with van der Waals surface area (Å²) < 4.78 is 10.4. The van der Waals surface area contributed by atoms with Gasteiger partial charge >= 0.3 is 11.6 Å². The smallest absolute Gasteiger partial charge is 0.344 e. The first-order valence-corrected chi connectivity index (χ1v) is 6.46. The number of rotatable bonds is 2. The lowest BCUT2D eigenvalue weighted by atomic mass is 10.1. The molecule has 4 nitrogen and oxygen atoms in total. The first-order valence-electron chi connectivity index (χ1n) is 6.46. The Morgan fingerprint density at radius 2 is 1.81 bits per heavy atom. The predicted octanol–water partition coefficient (Wildman–Crippen LogP) is 3.39. The van der Waals surface area contributed by atoms with Gasteiger partial charge in [0.1, 0.15) is 0 Å². The van der Waals surface area contributed by atoms with Gasteiger partial charge in [-0.15, -0.1) is 0 Å². The Balaban J connectivity index is 2.22. The number of ether oxygens (including phenoxy) is 1. The third-order valence-corrected chi connectivity index (χ3v) is 3.06. The molecule has 0 atom stereocenters. The SMILES string of the molecule is CC(=O)Oc1cccc2cc(-c3ccccc3)c(=O)oc12. The lowest BCUT2D eigenvalue weighted by molar-refractivity contribution is -0.131. The minimum atomic E-state index is -0.465. The summed E-state index contributed by atoms with van der Waals surface area (Å²) in [7, 11) is 0. The quantitative estimate of drug-likeness (QED) is 0.410. The Bertz CT molecular complexity index is 863. The molecule has 3 rings (SSSR count). The topological polar surface area (TPSA) is 56.5 Å².